The maximum atomic E-state index is 9.95. The second kappa shape index (κ2) is 7.11. The van der Waals surface area contributed by atoms with Gasteiger partial charge in [-0.15, -0.1) is 0 Å². The fourth-order valence-electron chi connectivity index (χ4n) is 3.21. The molecule has 2 heterocycles. The summed E-state index contributed by atoms with van der Waals surface area (Å²) in [6, 6.07) is 14.6. The van der Waals surface area contributed by atoms with Crippen molar-refractivity contribution < 1.29 is 5.11 Å². The lowest BCUT2D eigenvalue weighted by Gasteiger charge is -2.27. The predicted octanol–water partition coefficient (Wildman–Crippen LogP) is 3.03. The van der Waals surface area contributed by atoms with Gasteiger partial charge in [0, 0.05) is 24.2 Å². The number of aliphatic hydroxyl groups excluding tert-OH is 1. The number of benzene rings is 1. The highest BCUT2D eigenvalue weighted by atomic mass is 16.3. The van der Waals surface area contributed by atoms with Crippen molar-refractivity contribution in [2.24, 2.45) is 5.41 Å². The normalized spacial score (nSPS) is 21.5. The van der Waals surface area contributed by atoms with Crippen molar-refractivity contribution in [1.82, 2.24) is 9.99 Å². The average molecular weight is 311 g/mol. The van der Waals surface area contributed by atoms with Crippen LogP contribution in [0.5, 0.6) is 0 Å². The van der Waals surface area contributed by atoms with Crippen LogP contribution in [0.3, 0.4) is 0 Å². The number of anilines is 1. The third-order valence-corrected chi connectivity index (χ3v) is 4.76. The molecule has 1 aromatic carbocycles. The van der Waals surface area contributed by atoms with Crippen molar-refractivity contribution in [1.29, 1.82) is 0 Å². The Bertz CT molecular complexity index is 614. The molecule has 2 aromatic rings. The van der Waals surface area contributed by atoms with E-state index < -0.39 is 0 Å². The molecule has 1 aromatic heterocycles. The molecule has 1 aliphatic heterocycles. The standard InChI is InChI=1S/C19H25N3O/c1-16-7-8-18(13-20-16)21-22-12-11-19(14-22,15-23)10-9-17-5-3-2-4-6-17/h2-8,13,21,23H,9-12,14-15H2,1H3/t19-/m0/s1. The summed E-state index contributed by atoms with van der Waals surface area (Å²) in [5.74, 6) is 0. The Labute approximate surface area is 138 Å². The van der Waals surface area contributed by atoms with E-state index >= 15 is 0 Å². The van der Waals surface area contributed by atoms with Gasteiger partial charge in [0.1, 0.15) is 0 Å². The molecular formula is C19H25N3O. The molecule has 23 heavy (non-hydrogen) atoms. The lowest BCUT2D eigenvalue weighted by atomic mass is 9.82. The van der Waals surface area contributed by atoms with E-state index in [-0.39, 0.29) is 12.0 Å². The summed E-state index contributed by atoms with van der Waals surface area (Å²) in [6.07, 6.45) is 4.90. The molecule has 2 N–H and O–H groups in total. The van der Waals surface area contributed by atoms with E-state index in [1.807, 2.05) is 31.3 Å². The number of pyridine rings is 1. The Morgan fingerprint density at radius 1 is 1.22 bits per heavy atom. The molecule has 0 bridgehead atoms. The van der Waals surface area contributed by atoms with Gasteiger partial charge in [-0.05, 0) is 43.9 Å². The third-order valence-electron chi connectivity index (χ3n) is 4.76. The number of aryl methyl sites for hydroxylation is 2. The monoisotopic (exact) mass is 311 g/mol. The van der Waals surface area contributed by atoms with Crippen LogP contribution in [0.15, 0.2) is 48.7 Å². The zero-order valence-corrected chi connectivity index (χ0v) is 13.7. The van der Waals surface area contributed by atoms with E-state index in [1.54, 1.807) is 0 Å². The summed E-state index contributed by atoms with van der Waals surface area (Å²) < 4.78 is 0. The number of hydrazine groups is 1. The maximum Gasteiger partial charge on any atom is 0.0673 e. The van der Waals surface area contributed by atoms with Crippen molar-refractivity contribution in [3.63, 3.8) is 0 Å². The molecule has 1 fully saturated rings. The van der Waals surface area contributed by atoms with Crippen LogP contribution in [0, 0.1) is 12.3 Å². The topological polar surface area (TPSA) is 48.4 Å². The fraction of sp³-hybridized carbons (Fsp3) is 0.421. The minimum absolute atomic E-state index is 0.0129. The Balaban J connectivity index is 1.58. The number of aliphatic hydroxyl groups is 1. The molecule has 0 amide bonds. The van der Waals surface area contributed by atoms with Crippen LogP contribution in [0.2, 0.25) is 0 Å². The van der Waals surface area contributed by atoms with Crippen LogP contribution in [0.1, 0.15) is 24.1 Å². The molecule has 0 radical (unpaired) electrons. The van der Waals surface area contributed by atoms with E-state index in [0.29, 0.717) is 0 Å². The quantitative estimate of drug-likeness (QED) is 0.861. The van der Waals surface area contributed by atoms with Crippen LogP contribution in [-0.4, -0.2) is 34.8 Å². The number of hydrogen-bond donors (Lipinski definition) is 2. The van der Waals surface area contributed by atoms with E-state index in [0.717, 1.165) is 43.7 Å². The Hall–Kier alpha value is -1.91. The zero-order valence-electron chi connectivity index (χ0n) is 13.7. The van der Waals surface area contributed by atoms with Gasteiger partial charge in [-0.25, -0.2) is 5.01 Å². The Morgan fingerprint density at radius 2 is 2.04 bits per heavy atom. The summed E-state index contributed by atoms with van der Waals surface area (Å²) in [5.41, 5.74) is 6.77. The zero-order chi connectivity index (χ0) is 16.1. The summed E-state index contributed by atoms with van der Waals surface area (Å²) in [4.78, 5) is 4.32. The molecule has 3 rings (SSSR count). The average Bonchev–Trinajstić information content (AvgIpc) is 3.00. The molecule has 0 spiro atoms. The van der Waals surface area contributed by atoms with Crippen LogP contribution in [-0.2, 0) is 6.42 Å². The Kier molecular flexibility index (Phi) is 4.94. The number of aromatic nitrogens is 1. The van der Waals surface area contributed by atoms with Gasteiger partial charge < -0.3 is 10.5 Å². The van der Waals surface area contributed by atoms with Gasteiger partial charge in [-0.1, -0.05) is 30.3 Å². The summed E-state index contributed by atoms with van der Waals surface area (Å²) in [6.45, 7) is 4.04. The molecule has 0 saturated carbocycles. The van der Waals surface area contributed by atoms with E-state index in [4.69, 9.17) is 0 Å². The SMILES string of the molecule is Cc1ccc(NN2CC[C@@](CO)(CCc3ccccc3)C2)cn1. The molecule has 122 valence electrons. The lowest BCUT2D eigenvalue weighted by molar-refractivity contribution is 0.123. The highest BCUT2D eigenvalue weighted by molar-refractivity contribution is 5.40. The van der Waals surface area contributed by atoms with Gasteiger partial charge in [-0.3, -0.25) is 4.98 Å². The van der Waals surface area contributed by atoms with Gasteiger partial charge in [0.2, 0.25) is 0 Å². The Morgan fingerprint density at radius 3 is 2.74 bits per heavy atom. The predicted molar refractivity (Wildman–Crippen MR) is 93.1 cm³/mol. The first kappa shape index (κ1) is 16.0. The third kappa shape index (κ3) is 4.09. The second-order valence-corrected chi connectivity index (χ2v) is 6.62. The first-order valence-electron chi connectivity index (χ1n) is 8.28. The van der Waals surface area contributed by atoms with Gasteiger partial charge in [0.25, 0.3) is 0 Å². The van der Waals surface area contributed by atoms with Gasteiger partial charge in [0.05, 0.1) is 18.5 Å². The molecule has 4 heteroatoms. The van der Waals surface area contributed by atoms with Crippen LogP contribution < -0.4 is 5.43 Å². The highest BCUT2D eigenvalue weighted by Gasteiger charge is 2.37. The second-order valence-electron chi connectivity index (χ2n) is 6.62. The number of nitrogens with zero attached hydrogens (tertiary/aromatic N) is 2. The van der Waals surface area contributed by atoms with Crippen molar-refractivity contribution >= 4 is 5.69 Å². The smallest absolute Gasteiger partial charge is 0.0673 e. The highest BCUT2D eigenvalue weighted by Crippen LogP contribution is 2.34. The summed E-state index contributed by atoms with van der Waals surface area (Å²) in [5, 5.41) is 12.1. The summed E-state index contributed by atoms with van der Waals surface area (Å²) >= 11 is 0. The first-order valence-corrected chi connectivity index (χ1v) is 8.28. The van der Waals surface area contributed by atoms with Crippen molar-refractivity contribution in [3.05, 3.63) is 59.9 Å². The van der Waals surface area contributed by atoms with E-state index in [1.165, 1.54) is 5.56 Å². The lowest BCUT2D eigenvalue weighted by Crippen LogP contribution is -2.34. The van der Waals surface area contributed by atoms with Crippen molar-refractivity contribution in [3.8, 4) is 0 Å². The molecule has 0 aliphatic carbocycles. The molecule has 4 nitrogen and oxygen atoms in total. The fourth-order valence-corrected chi connectivity index (χ4v) is 3.21. The molecule has 1 atom stereocenters. The van der Waals surface area contributed by atoms with Crippen LogP contribution in [0.25, 0.3) is 0 Å². The first-order chi connectivity index (χ1) is 11.2. The van der Waals surface area contributed by atoms with Gasteiger partial charge in [-0.2, -0.15) is 0 Å². The minimum Gasteiger partial charge on any atom is -0.396 e. The molecular weight excluding hydrogens is 286 g/mol. The van der Waals surface area contributed by atoms with Gasteiger partial charge in [0.15, 0.2) is 0 Å². The summed E-state index contributed by atoms with van der Waals surface area (Å²) in [7, 11) is 0. The number of nitrogens with one attached hydrogen (secondary N) is 1. The number of hydrogen-bond acceptors (Lipinski definition) is 4. The van der Waals surface area contributed by atoms with Crippen molar-refractivity contribution in [2.45, 2.75) is 26.2 Å². The molecule has 1 aliphatic rings. The largest absolute Gasteiger partial charge is 0.396 e. The maximum absolute atomic E-state index is 9.95. The number of rotatable bonds is 6. The van der Waals surface area contributed by atoms with E-state index in [9.17, 15) is 5.11 Å². The van der Waals surface area contributed by atoms with Crippen LogP contribution in [0.4, 0.5) is 5.69 Å². The van der Waals surface area contributed by atoms with Crippen molar-refractivity contribution in [2.75, 3.05) is 25.1 Å². The molecule has 0 unspecified atom stereocenters. The van der Waals surface area contributed by atoms with Crippen LogP contribution >= 0.6 is 0 Å². The van der Waals surface area contributed by atoms with Gasteiger partial charge >= 0.3 is 0 Å². The minimum atomic E-state index is -0.0129. The van der Waals surface area contributed by atoms with E-state index in [2.05, 4.69) is 39.7 Å². The molecule has 1 saturated heterocycles.